The van der Waals surface area contributed by atoms with Gasteiger partial charge in [0, 0.05) is 19.3 Å². The van der Waals surface area contributed by atoms with Crippen molar-refractivity contribution in [3.05, 3.63) is 12.2 Å². The number of hydrogen-bond donors (Lipinski definition) is 0. The summed E-state index contributed by atoms with van der Waals surface area (Å²) in [6.45, 7) is 9.35. The van der Waals surface area contributed by atoms with Crippen molar-refractivity contribution in [2.24, 2.45) is 0 Å². The van der Waals surface area contributed by atoms with Crippen molar-refractivity contribution in [3.63, 3.8) is 0 Å². The van der Waals surface area contributed by atoms with E-state index in [4.69, 9.17) is 13.7 Å². The molecule has 0 aliphatic carbocycles. The zero-order chi connectivity index (χ0) is 13.9. The van der Waals surface area contributed by atoms with Crippen molar-refractivity contribution in [1.82, 2.24) is 0 Å². The van der Waals surface area contributed by atoms with E-state index in [0.29, 0.717) is 19.8 Å². The third-order valence-corrected chi connectivity index (χ3v) is 5.26. The zero-order valence-electron chi connectivity index (χ0n) is 11.7. The van der Waals surface area contributed by atoms with Crippen LogP contribution in [0.15, 0.2) is 12.2 Å². The van der Waals surface area contributed by atoms with Gasteiger partial charge in [-0.05, 0) is 39.8 Å². The Hall–Kier alpha value is -0.693. The molecule has 0 unspecified atom stereocenters. The van der Waals surface area contributed by atoms with E-state index in [2.05, 4.69) is 4.89 Å². The first kappa shape index (κ1) is 17.3. The van der Waals surface area contributed by atoms with Gasteiger partial charge in [-0.2, -0.15) is 4.89 Å². The van der Waals surface area contributed by atoms with Crippen LogP contribution in [-0.2, 0) is 23.4 Å². The van der Waals surface area contributed by atoms with E-state index in [1.165, 1.54) is 6.08 Å². The number of hydrogen-bond acceptors (Lipinski definition) is 5. The molecule has 0 spiro atoms. The molecule has 6 heteroatoms. The quantitative estimate of drug-likeness (QED) is 0.202. The number of carbonyl (C=O) groups excluding carboxylic acids is 1. The minimum atomic E-state index is -2.08. The van der Waals surface area contributed by atoms with Gasteiger partial charge in [0.25, 0.3) is 0 Å². The average Bonchev–Trinajstić information content (AvgIpc) is 2.29. The molecular formula is C12H24O5Si. The van der Waals surface area contributed by atoms with Gasteiger partial charge in [0.15, 0.2) is 0 Å². The number of allylic oxidation sites excluding steroid dienone is 1. The van der Waals surface area contributed by atoms with E-state index in [0.717, 1.165) is 12.5 Å². The van der Waals surface area contributed by atoms with Crippen LogP contribution in [0.5, 0.6) is 0 Å². The van der Waals surface area contributed by atoms with Crippen molar-refractivity contribution in [3.8, 4) is 0 Å². The van der Waals surface area contributed by atoms with Gasteiger partial charge in [-0.25, -0.2) is 4.79 Å². The average molecular weight is 276 g/mol. The Bertz CT molecular complexity index is 249. The molecule has 0 atom stereocenters. The minimum Gasteiger partial charge on any atom is -0.395 e. The first-order valence-corrected chi connectivity index (χ1v) is 8.84. The molecule has 0 N–H and O–H groups in total. The van der Waals surface area contributed by atoms with E-state index in [1.54, 1.807) is 13.0 Å². The van der Waals surface area contributed by atoms with Crippen molar-refractivity contribution in [2.75, 3.05) is 19.8 Å². The Kier molecular flexibility index (Phi) is 9.86. The van der Waals surface area contributed by atoms with Crippen LogP contribution in [0.4, 0.5) is 0 Å². The maximum atomic E-state index is 10.9. The van der Waals surface area contributed by atoms with Gasteiger partial charge in [0.05, 0.1) is 6.61 Å². The summed E-state index contributed by atoms with van der Waals surface area (Å²) in [5.74, 6) is -0.493. The van der Waals surface area contributed by atoms with Gasteiger partial charge >= 0.3 is 14.5 Å². The standard InChI is InChI=1S/C12H24O5Si/c1-5-9-12(13)17-14-10-8-11-18(4,15-6-2)16-7-3/h5,9H,6-8,10-11H2,1-4H3. The van der Waals surface area contributed by atoms with E-state index in [-0.39, 0.29) is 0 Å². The molecule has 0 amide bonds. The minimum absolute atomic E-state index is 0.353. The third kappa shape index (κ3) is 8.41. The highest BCUT2D eigenvalue weighted by Gasteiger charge is 2.29. The van der Waals surface area contributed by atoms with Gasteiger partial charge in [-0.1, -0.05) is 6.08 Å². The van der Waals surface area contributed by atoms with Crippen molar-refractivity contribution in [2.45, 2.75) is 39.8 Å². The van der Waals surface area contributed by atoms with Gasteiger partial charge in [0.2, 0.25) is 0 Å². The molecule has 0 aromatic rings. The maximum Gasteiger partial charge on any atom is 0.365 e. The Morgan fingerprint density at radius 1 is 1.22 bits per heavy atom. The van der Waals surface area contributed by atoms with Crippen LogP contribution in [-0.4, -0.2) is 34.4 Å². The molecule has 0 bridgehead atoms. The molecule has 106 valence electrons. The summed E-state index contributed by atoms with van der Waals surface area (Å²) in [5, 5.41) is 0. The predicted molar refractivity (Wildman–Crippen MR) is 71.2 cm³/mol. The molecule has 0 saturated heterocycles. The molecule has 0 radical (unpaired) electrons. The fraction of sp³-hybridized carbons (Fsp3) is 0.750. The highest BCUT2D eigenvalue weighted by Crippen LogP contribution is 2.15. The molecule has 0 saturated carbocycles. The summed E-state index contributed by atoms with van der Waals surface area (Å²) < 4.78 is 11.4. The SMILES string of the molecule is CC=CC(=O)OOCCC[Si](C)(OCC)OCC. The maximum absolute atomic E-state index is 10.9. The predicted octanol–water partition coefficient (Wildman–Crippen LogP) is 2.57. The molecule has 0 heterocycles. The van der Waals surface area contributed by atoms with Crippen LogP contribution in [0.3, 0.4) is 0 Å². The fourth-order valence-electron chi connectivity index (χ4n) is 1.51. The second kappa shape index (κ2) is 10.2. The van der Waals surface area contributed by atoms with Crippen molar-refractivity contribution in [1.29, 1.82) is 0 Å². The summed E-state index contributed by atoms with van der Waals surface area (Å²) in [6, 6.07) is 0.815. The molecule has 0 aliphatic rings. The molecule has 0 aromatic carbocycles. The lowest BCUT2D eigenvalue weighted by atomic mass is 10.5. The first-order chi connectivity index (χ1) is 8.58. The molecule has 5 nitrogen and oxygen atoms in total. The largest absolute Gasteiger partial charge is 0.395 e. The van der Waals surface area contributed by atoms with Gasteiger partial charge in [0.1, 0.15) is 0 Å². The Morgan fingerprint density at radius 3 is 2.33 bits per heavy atom. The van der Waals surface area contributed by atoms with E-state index < -0.39 is 14.5 Å². The Morgan fingerprint density at radius 2 is 1.83 bits per heavy atom. The van der Waals surface area contributed by atoms with Crippen LogP contribution in [0, 0.1) is 0 Å². The van der Waals surface area contributed by atoms with Gasteiger partial charge in [-0.3, -0.25) is 4.89 Å². The Balaban J connectivity index is 3.76. The van der Waals surface area contributed by atoms with Crippen LogP contribution in [0.1, 0.15) is 27.2 Å². The molecular weight excluding hydrogens is 252 g/mol. The monoisotopic (exact) mass is 276 g/mol. The molecule has 18 heavy (non-hydrogen) atoms. The normalized spacial score (nSPS) is 12.0. The van der Waals surface area contributed by atoms with Crippen molar-refractivity contribution >= 4 is 14.5 Å². The second-order valence-electron chi connectivity index (χ2n) is 3.83. The summed E-state index contributed by atoms with van der Waals surface area (Å²) >= 11 is 0. The van der Waals surface area contributed by atoms with E-state index >= 15 is 0 Å². The smallest absolute Gasteiger partial charge is 0.365 e. The number of carbonyl (C=O) groups is 1. The van der Waals surface area contributed by atoms with Crippen LogP contribution >= 0.6 is 0 Å². The Labute approximate surface area is 110 Å². The van der Waals surface area contributed by atoms with E-state index in [9.17, 15) is 4.79 Å². The van der Waals surface area contributed by atoms with Crippen LogP contribution in [0.25, 0.3) is 0 Å². The topological polar surface area (TPSA) is 54.0 Å². The van der Waals surface area contributed by atoms with Crippen LogP contribution < -0.4 is 0 Å². The third-order valence-electron chi connectivity index (χ3n) is 2.20. The number of rotatable bonds is 10. The van der Waals surface area contributed by atoms with Crippen LogP contribution in [0.2, 0.25) is 12.6 Å². The zero-order valence-corrected chi connectivity index (χ0v) is 12.7. The summed E-state index contributed by atoms with van der Waals surface area (Å²) in [5.41, 5.74) is 0. The lowest BCUT2D eigenvalue weighted by Crippen LogP contribution is -2.38. The van der Waals surface area contributed by atoms with Gasteiger partial charge < -0.3 is 8.85 Å². The van der Waals surface area contributed by atoms with E-state index in [1.807, 2.05) is 20.4 Å². The summed E-state index contributed by atoms with van der Waals surface area (Å²) in [6.07, 6.45) is 3.64. The second-order valence-corrected chi connectivity index (χ2v) is 7.17. The molecule has 0 aliphatic heterocycles. The highest BCUT2D eigenvalue weighted by atomic mass is 28.4. The van der Waals surface area contributed by atoms with Crippen molar-refractivity contribution < 1.29 is 23.4 Å². The summed E-state index contributed by atoms with van der Waals surface area (Å²) in [4.78, 5) is 20.3. The molecule has 0 rings (SSSR count). The first-order valence-electron chi connectivity index (χ1n) is 6.32. The molecule has 0 aromatic heterocycles. The lowest BCUT2D eigenvalue weighted by molar-refractivity contribution is -0.267. The van der Waals surface area contributed by atoms with Gasteiger partial charge in [-0.15, -0.1) is 0 Å². The highest BCUT2D eigenvalue weighted by molar-refractivity contribution is 6.66. The lowest BCUT2D eigenvalue weighted by Gasteiger charge is -2.25. The molecule has 0 fully saturated rings. The fourth-order valence-corrected chi connectivity index (χ4v) is 3.89. The summed E-state index contributed by atoms with van der Waals surface area (Å²) in [7, 11) is -2.08.